The average molecular weight is 250 g/mol. The molecule has 0 aliphatic rings. The SMILES string of the molecule is CCC(C)c1ccc(OCCCC(=O)OC)cc1. The number of rotatable bonds is 7. The lowest BCUT2D eigenvalue weighted by Gasteiger charge is -2.10. The number of ether oxygens (including phenoxy) is 2. The van der Waals surface area contributed by atoms with Crippen LogP contribution in [-0.4, -0.2) is 19.7 Å². The van der Waals surface area contributed by atoms with E-state index in [0.29, 0.717) is 25.4 Å². The first-order chi connectivity index (χ1) is 8.67. The number of carbonyl (C=O) groups excluding carboxylic acids is 1. The van der Waals surface area contributed by atoms with Crippen LogP contribution in [0.2, 0.25) is 0 Å². The average Bonchev–Trinajstić information content (AvgIpc) is 2.43. The molecule has 0 bridgehead atoms. The molecule has 18 heavy (non-hydrogen) atoms. The van der Waals surface area contributed by atoms with Crippen LogP contribution in [0, 0.1) is 0 Å². The Balaban J connectivity index is 2.33. The predicted octanol–water partition coefficient (Wildman–Crippen LogP) is 3.53. The zero-order chi connectivity index (χ0) is 13.4. The molecular weight excluding hydrogens is 228 g/mol. The van der Waals surface area contributed by atoms with Crippen molar-refractivity contribution in [2.75, 3.05) is 13.7 Å². The number of hydrogen-bond acceptors (Lipinski definition) is 3. The molecule has 1 unspecified atom stereocenters. The third-order valence-electron chi connectivity index (χ3n) is 3.08. The van der Waals surface area contributed by atoms with Gasteiger partial charge in [0, 0.05) is 6.42 Å². The number of hydrogen-bond donors (Lipinski definition) is 0. The van der Waals surface area contributed by atoms with E-state index in [0.717, 1.165) is 12.2 Å². The van der Waals surface area contributed by atoms with Crippen molar-refractivity contribution in [3.8, 4) is 5.75 Å². The van der Waals surface area contributed by atoms with Gasteiger partial charge in [-0.15, -0.1) is 0 Å². The Morgan fingerprint density at radius 2 is 1.94 bits per heavy atom. The largest absolute Gasteiger partial charge is 0.494 e. The zero-order valence-electron chi connectivity index (χ0n) is 11.4. The summed E-state index contributed by atoms with van der Waals surface area (Å²) in [7, 11) is 1.40. The maximum absolute atomic E-state index is 10.9. The van der Waals surface area contributed by atoms with Crippen molar-refractivity contribution in [3.05, 3.63) is 29.8 Å². The number of methoxy groups -OCH3 is 1. The molecule has 0 saturated carbocycles. The quantitative estimate of drug-likeness (QED) is 0.548. The minimum atomic E-state index is -0.189. The van der Waals surface area contributed by atoms with E-state index in [2.05, 4.69) is 30.7 Å². The summed E-state index contributed by atoms with van der Waals surface area (Å²) in [4.78, 5) is 10.9. The van der Waals surface area contributed by atoms with Crippen LogP contribution in [0.15, 0.2) is 24.3 Å². The first kappa shape index (κ1) is 14.6. The summed E-state index contributed by atoms with van der Waals surface area (Å²) in [5.41, 5.74) is 1.33. The van der Waals surface area contributed by atoms with Gasteiger partial charge < -0.3 is 9.47 Å². The molecule has 0 heterocycles. The number of carbonyl (C=O) groups is 1. The van der Waals surface area contributed by atoms with Gasteiger partial charge in [0.2, 0.25) is 0 Å². The van der Waals surface area contributed by atoms with Gasteiger partial charge in [-0.05, 0) is 36.5 Å². The van der Waals surface area contributed by atoms with Crippen LogP contribution in [0.1, 0.15) is 44.6 Å². The van der Waals surface area contributed by atoms with E-state index in [1.807, 2.05) is 12.1 Å². The molecule has 0 N–H and O–H groups in total. The summed E-state index contributed by atoms with van der Waals surface area (Å²) >= 11 is 0. The minimum absolute atomic E-state index is 0.189. The molecule has 0 fully saturated rings. The fraction of sp³-hybridized carbons (Fsp3) is 0.533. The van der Waals surface area contributed by atoms with Crippen molar-refractivity contribution in [2.45, 2.75) is 39.0 Å². The monoisotopic (exact) mass is 250 g/mol. The summed E-state index contributed by atoms with van der Waals surface area (Å²) in [6, 6.07) is 8.17. The van der Waals surface area contributed by atoms with Crippen molar-refractivity contribution in [1.82, 2.24) is 0 Å². The van der Waals surface area contributed by atoms with Crippen molar-refractivity contribution in [3.63, 3.8) is 0 Å². The maximum atomic E-state index is 10.9. The molecule has 0 aromatic heterocycles. The van der Waals surface area contributed by atoms with Gasteiger partial charge in [-0.3, -0.25) is 4.79 Å². The molecule has 1 aromatic carbocycles. The third kappa shape index (κ3) is 4.78. The van der Waals surface area contributed by atoms with Gasteiger partial charge >= 0.3 is 5.97 Å². The highest BCUT2D eigenvalue weighted by Crippen LogP contribution is 2.21. The fourth-order valence-electron chi connectivity index (χ4n) is 1.64. The highest BCUT2D eigenvalue weighted by molar-refractivity contribution is 5.69. The number of esters is 1. The Morgan fingerprint density at radius 1 is 1.28 bits per heavy atom. The second kappa shape index (κ2) is 7.75. The van der Waals surface area contributed by atoms with Gasteiger partial charge in [-0.1, -0.05) is 26.0 Å². The maximum Gasteiger partial charge on any atom is 0.305 e. The molecule has 1 aromatic rings. The molecule has 0 radical (unpaired) electrons. The smallest absolute Gasteiger partial charge is 0.305 e. The Labute approximate surface area is 109 Å². The third-order valence-corrected chi connectivity index (χ3v) is 3.08. The second-order valence-electron chi connectivity index (χ2n) is 4.41. The Morgan fingerprint density at radius 3 is 2.50 bits per heavy atom. The molecule has 0 saturated heterocycles. The van der Waals surface area contributed by atoms with Crippen LogP contribution in [-0.2, 0) is 9.53 Å². The molecule has 3 nitrogen and oxygen atoms in total. The van der Waals surface area contributed by atoms with E-state index in [1.54, 1.807) is 0 Å². The summed E-state index contributed by atoms with van der Waals surface area (Å²) in [5, 5.41) is 0. The topological polar surface area (TPSA) is 35.5 Å². The Kier molecular flexibility index (Phi) is 6.26. The summed E-state index contributed by atoms with van der Waals surface area (Å²) in [5.74, 6) is 1.25. The van der Waals surface area contributed by atoms with Gasteiger partial charge in [0.05, 0.1) is 13.7 Å². The molecule has 3 heteroatoms. The van der Waals surface area contributed by atoms with Gasteiger partial charge in [-0.2, -0.15) is 0 Å². The van der Waals surface area contributed by atoms with Crippen molar-refractivity contribution >= 4 is 5.97 Å². The molecule has 1 atom stereocenters. The van der Waals surface area contributed by atoms with Gasteiger partial charge in [-0.25, -0.2) is 0 Å². The Bertz CT molecular complexity index is 357. The van der Waals surface area contributed by atoms with E-state index < -0.39 is 0 Å². The highest BCUT2D eigenvalue weighted by atomic mass is 16.5. The van der Waals surface area contributed by atoms with Gasteiger partial charge in [0.1, 0.15) is 5.75 Å². The molecule has 1 rings (SSSR count). The molecule has 100 valence electrons. The van der Waals surface area contributed by atoms with Gasteiger partial charge in [0.25, 0.3) is 0 Å². The van der Waals surface area contributed by atoms with Crippen LogP contribution < -0.4 is 4.74 Å². The highest BCUT2D eigenvalue weighted by Gasteiger charge is 2.03. The first-order valence-corrected chi connectivity index (χ1v) is 6.47. The van der Waals surface area contributed by atoms with E-state index in [9.17, 15) is 4.79 Å². The van der Waals surface area contributed by atoms with E-state index >= 15 is 0 Å². The van der Waals surface area contributed by atoms with Crippen LogP contribution in [0.25, 0.3) is 0 Å². The Hall–Kier alpha value is -1.51. The summed E-state index contributed by atoms with van der Waals surface area (Å²) in [6.45, 7) is 4.94. The van der Waals surface area contributed by atoms with Crippen molar-refractivity contribution < 1.29 is 14.3 Å². The number of benzene rings is 1. The van der Waals surface area contributed by atoms with E-state index in [4.69, 9.17) is 4.74 Å². The van der Waals surface area contributed by atoms with E-state index in [-0.39, 0.29) is 5.97 Å². The van der Waals surface area contributed by atoms with E-state index in [1.165, 1.54) is 12.7 Å². The summed E-state index contributed by atoms with van der Waals surface area (Å²) in [6.07, 6.45) is 2.22. The van der Waals surface area contributed by atoms with Crippen LogP contribution >= 0.6 is 0 Å². The second-order valence-corrected chi connectivity index (χ2v) is 4.41. The zero-order valence-corrected chi connectivity index (χ0v) is 11.4. The predicted molar refractivity (Wildman–Crippen MR) is 71.9 cm³/mol. The standard InChI is InChI=1S/C15H22O3/c1-4-12(2)13-7-9-14(10-8-13)18-11-5-6-15(16)17-3/h7-10,12H,4-6,11H2,1-3H3. The lowest BCUT2D eigenvalue weighted by Crippen LogP contribution is -2.04. The normalized spacial score (nSPS) is 11.9. The van der Waals surface area contributed by atoms with Crippen molar-refractivity contribution in [1.29, 1.82) is 0 Å². The molecule has 0 aliphatic carbocycles. The lowest BCUT2D eigenvalue weighted by atomic mass is 9.99. The lowest BCUT2D eigenvalue weighted by molar-refractivity contribution is -0.140. The molecular formula is C15H22O3. The first-order valence-electron chi connectivity index (χ1n) is 6.47. The van der Waals surface area contributed by atoms with Crippen LogP contribution in [0.5, 0.6) is 5.75 Å². The van der Waals surface area contributed by atoms with Crippen molar-refractivity contribution in [2.24, 2.45) is 0 Å². The summed E-state index contributed by atoms with van der Waals surface area (Å²) < 4.78 is 10.1. The minimum Gasteiger partial charge on any atom is -0.494 e. The van der Waals surface area contributed by atoms with Crippen LogP contribution in [0.3, 0.4) is 0 Å². The van der Waals surface area contributed by atoms with Crippen LogP contribution in [0.4, 0.5) is 0 Å². The van der Waals surface area contributed by atoms with Gasteiger partial charge in [0.15, 0.2) is 0 Å². The molecule has 0 aliphatic heterocycles. The molecule has 0 amide bonds. The fourth-order valence-corrected chi connectivity index (χ4v) is 1.64. The molecule has 0 spiro atoms.